The van der Waals surface area contributed by atoms with Gasteiger partial charge >= 0.3 is 0 Å². The molecular weight excluding hydrogens is 229 g/mol. The number of ether oxygens (including phenoxy) is 1. The van der Waals surface area contributed by atoms with E-state index in [1.807, 2.05) is 6.07 Å². The molecule has 1 unspecified atom stereocenters. The van der Waals surface area contributed by atoms with Crippen molar-refractivity contribution in [1.29, 1.82) is 0 Å². The van der Waals surface area contributed by atoms with Gasteiger partial charge < -0.3 is 10.1 Å². The zero-order valence-electron chi connectivity index (χ0n) is 9.59. The number of hydrogen-bond donors (Lipinski definition) is 1. The van der Waals surface area contributed by atoms with Crippen LogP contribution in [0.3, 0.4) is 0 Å². The fraction of sp³-hybridized carbons (Fsp3) is 0.500. The summed E-state index contributed by atoms with van der Waals surface area (Å²) in [5, 5.41) is 3.47. The summed E-state index contributed by atoms with van der Waals surface area (Å²) in [7, 11) is 1.68. The van der Waals surface area contributed by atoms with Crippen LogP contribution in [0.5, 0.6) is 0 Å². The van der Waals surface area contributed by atoms with Crippen LogP contribution in [0.1, 0.15) is 18.9 Å². The molecule has 16 heavy (non-hydrogen) atoms. The third kappa shape index (κ3) is 4.08. The van der Waals surface area contributed by atoms with Gasteiger partial charge in [0, 0.05) is 26.3 Å². The first-order chi connectivity index (χ1) is 7.65. The fourth-order valence-electron chi connectivity index (χ4n) is 1.37. The van der Waals surface area contributed by atoms with Crippen molar-refractivity contribution in [3.8, 4) is 0 Å². The lowest BCUT2D eigenvalue weighted by Gasteiger charge is -2.14. The lowest BCUT2D eigenvalue weighted by atomic mass is 10.2. The molecule has 0 heterocycles. The molecule has 0 saturated heterocycles. The second-order valence-electron chi connectivity index (χ2n) is 3.78. The third-order valence-electron chi connectivity index (χ3n) is 2.43. The highest BCUT2D eigenvalue weighted by molar-refractivity contribution is 6.31. The van der Waals surface area contributed by atoms with Crippen LogP contribution in [-0.4, -0.2) is 19.8 Å². The van der Waals surface area contributed by atoms with Gasteiger partial charge in [-0.3, -0.25) is 0 Å². The highest BCUT2D eigenvalue weighted by atomic mass is 35.5. The quantitative estimate of drug-likeness (QED) is 0.832. The van der Waals surface area contributed by atoms with Gasteiger partial charge in [0.2, 0.25) is 0 Å². The molecule has 0 aliphatic heterocycles. The predicted molar refractivity (Wildman–Crippen MR) is 64.2 cm³/mol. The lowest BCUT2D eigenvalue weighted by molar-refractivity contribution is 0.184. The summed E-state index contributed by atoms with van der Waals surface area (Å²) >= 11 is 5.84. The summed E-state index contributed by atoms with van der Waals surface area (Å²) in [5.41, 5.74) is 0.783. The Kier molecular flexibility index (Phi) is 5.74. The van der Waals surface area contributed by atoms with Crippen molar-refractivity contribution >= 4 is 11.6 Å². The van der Waals surface area contributed by atoms with E-state index in [4.69, 9.17) is 16.3 Å². The van der Waals surface area contributed by atoms with Crippen LogP contribution in [0.25, 0.3) is 0 Å². The number of hydrogen-bond acceptors (Lipinski definition) is 2. The Balaban J connectivity index is 2.45. The molecule has 1 aromatic rings. The summed E-state index contributed by atoms with van der Waals surface area (Å²) in [6, 6.07) is 5.17. The molecule has 0 aliphatic carbocycles. The van der Waals surface area contributed by atoms with Gasteiger partial charge in [-0.15, -0.1) is 0 Å². The molecule has 90 valence electrons. The van der Waals surface area contributed by atoms with E-state index in [2.05, 4.69) is 12.2 Å². The van der Waals surface area contributed by atoms with Gasteiger partial charge in [0.15, 0.2) is 0 Å². The first-order valence-electron chi connectivity index (χ1n) is 5.30. The second-order valence-corrected chi connectivity index (χ2v) is 4.15. The maximum Gasteiger partial charge on any atom is 0.142 e. The number of rotatable bonds is 6. The van der Waals surface area contributed by atoms with Crippen LogP contribution in [0, 0.1) is 5.82 Å². The summed E-state index contributed by atoms with van der Waals surface area (Å²) < 4.78 is 18.1. The summed E-state index contributed by atoms with van der Waals surface area (Å²) in [6.45, 7) is 3.35. The Morgan fingerprint density at radius 2 is 2.25 bits per heavy atom. The van der Waals surface area contributed by atoms with Crippen LogP contribution in [-0.2, 0) is 11.3 Å². The van der Waals surface area contributed by atoms with E-state index in [9.17, 15) is 4.39 Å². The molecule has 4 heteroatoms. The van der Waals surface area contributed by atoms with Crippen molar-refractivity contribution in [2.45, 2.75) is 25.9 Å². The van der Waals surface area contributed by atoms with Crippen LogP contribution in [0.2, 0.25) is 5.02 Å². The van der Waals surface area contributed by atoms with Crippen LogP contribution >= 0.6 is 11.6 Å². The standard InChI is InChI=1S/C12H17ClFNO/c1-9(6-7-16-2)15-8-10-4-3-5-11(14)12(10)13/h3-5,9,15H,6-8H2,1-2H3. The molecular formula is C12H17ClFNO. The number of nitrogens with one attached hydrogen (secondary N) is 1. The molecule has 0 radical (unpaired) electrons. The summed E-state index contributed by atoms with van der Waals surface area (Å²) in [4.78, 5) is 0. The predicted octanol–water partition coefficient (Wildman–Crippen LogP) is 2.99. The largest absolute Gasteiger partial charge is 0.385 e. The molecule has 0 aromatic heterocycles. The molecule has 1 N–H and O–H groups in total. The SMILES string of the molecule is COCCC(C)NCc1cccc(F)c1Cl. The first kappa shape index (κ1) is 13.4. The van der Waals surface area contributed by atoms with Crippen LogP contribution < -0.4 is 5.32 Å². The normalized spacial score (nSPS) is 12.8. The number of halogens is 2. The van der Waals surface area contributed by atoms with Gasteiger partial charge in [0.05, 0.1) is 5.02 Å². The number of benzene rings is 1. The maximum absolute atomic E-state index is 13.1. The van der Waals surface area contributed by atoms with E-state index in [0.29, 0.717) is 19.2 Å². The molecule has 0 amide bonds. The highest BCUT2D eigenvalue weighted by Crippen LogP contribution is 2.19. The van der Waals surface area contributed by atoms with Crippen molar-refractivity contribution in [2.75, 3.05) is 13.7 Å². The topological polar surface area (TPSA) is 21.3 Å². The zero-order chi connectivity index (χ0) is 12.0. The van der Waals surface area contributed by atoms with Gasteiger partial charge in [0.25, 0.3) is 0 Å². The molecule has 0 fully saturated rings. The second kappa shape index (κ2) is 6.84. The monoisotopic (exact) mass is 245 g/mol. The van der Waals surface area contributed by atoms with Gasteiger partial charge in [-0.05, 0) is 25.0 Å². The average molecular weight is 246 g/mol. The molecule has 2 nitrogen and oxygen atoms in total. The molecule has 0 spiro atoms. The lowest BCUT2D eigenvalue weighted by Crippen LogP contribution is -2.26. The molecule has 1 atom stereocenters. The maximum atomic E-state index is 13.1. The van der Waals surface area contributed by atoms with Crippen molar-refractivity contribution in [2.24, 2.45) is 0 Å². The molecule has 1 rings (SSSR count). The van der Waals surface area contributed by atoms with Crippen molar-refractivity contribution in [1.82, 2.24) is 5.32 Å². The van der Waals surface area contributed by atoms with Crippen molar-refractivity contribution in [3.63, 3.8) is 0 Å². The fourth-order valence-corrected chi connectivity index (χ4v) is 1.56. The number of methoxy groups -OCH3 is 1. The molecule has 1 aromatic carbocycles. The molecule has 0 bridgehead atoms. The Morgan fingerprint density at radius 1 is 1.50 bits per heavy atom. The van der Waals surface area contributed by atoms with E-state index >= 15 is 0 Å². The minimum absolute atomic E-state index is 0.203. The first-order valence-corrected chi connectivity index (χ1v) is 5.68. The molecule has 0 aliphatic rings. The Labute approximate surface area is 101 Å². The van der Waals surface area contributed by atoms with E-state index in [-0.39, 0.29) is 10.8 Å². The van der Waals surface area contributed by atoms with E-state index < -0.39 is 0 Å². The Morgan fingerprint density at radius 3 is 2.94 bits per heavy atom. The minimum Gasteiger partial charge on any atom is -0.385 e. The Hall–Kier alpha value is -0.640. The van der Waals surface area contributed by atoms with E-state index in [1.165, 1.54) is 6.07 Å². The van der Waals surface area contributed by atoms with Gasteiger partial charge in [-0.1, -0.05) is 23.7 Å². The third-order valence-corrected chi connectivity index (χ3v) is 2.85. The minimum atomic E-state index is -0.370. The zero-order valence-corrected chi connectivity index (χ0v) is 10.4. The average Bonchev–Trinajstić information content (AvgIpc) is 2.28. The van der Waals surface area contributed by atoms with Gasteiger partial charge in [0.1, 0.15) is 5.82 Å². The van der Waals surface area contributed by atoms with E-state index in [1.54, 1.807) is 13.2 Å². The van der Waals surface area contributed by atoms with Crippen LogP contribution in [0.4, 0.5) is 4.39 Å². The van der Waals surface area contributed by atoms with E-state index in [0.717, 1.165) is 12.0 Å². The smallest absolute Gasteiger partial charge is 0.142 e. The Bertz CT molecular complexity index is 333. The van der Waals surface area contributed by atoms with Crippen LogP contribution in [0.15, 0.2) is 18.2 Å². The summed E-state index contributed by atoms with van der Waals surface area (Å²) in [5.74, 6) is -0.370. The van der Waals surface area contributed by atoms with Gasteiger partial charge in [-0.25, -0.2) is 4.39 Å². The van der Waals surface area contributed by atoms with Crippen molar-refractivity contribution < 1.29 is 9.13 Å². The van der Waals surface area contributed by atoms with Crippen molar-refractivity contribution in [3.05, 3.63) is 34.6 Å². The van der Waals surface area contributed by atoms with Gasteiger partial charge in [-0.2, -0.15) is 0 Å². The summed E-state index contributed by atoms with van der Waals surface area (Å²) in [6.07, 6.45) is 0.920. The highest BCUT2D eigenvalue weighted by Gasteiger charge is 2.07. The molecule has 0 saturated carbocycles.